The highest BCUT2D eigenvalue weighted by atomic mass is 16.1. The van der Waals surface area contributed by atoms with E-state index < -0.39 is 0 Å². The largest absolute Gasteiger partial charge is 0.276 e. The van der Waals surface area contributed by atoms with Crippen molar-refractivity contribution in [2.75, 3.05) is 0 Å². The van der Waals surface area contributed by atoms with Crippen LogP contribution in [0.5, 0.6) is 0 Å². The summed E-state index contributed by atoms with van der Waals surface area (Å²) in [5.74, 6) is -0.263. The lowest BCUT2D eigenvalue weighted by atomic mass is 10.2. The Balaban J connectivity index is 2.99. The van der Waals surface area contributed by atoms with E-state index in [-0.39, 0.29) is 5.91 Å². The van der Waals surface area contributed by atoms with E-state index in [9.17, 15) is 4.79 Å². The molecule has 1 aliphatic rings. The molecule has 2 nitrogen and oxygen atoms in total. The Labute approximate surface area is 71.3 Å². The molecule has 1 amide bonds. The fourth-order valence-corrected chi connectivity index (χ4v) is 0.749. The molecule has 1 rings (SSSR count). The number of carbonyl (C=O) groups excluding carboxylic acids is 1. The summed E-state index contributed by atoms with van der Waals surface area (Å²) in [6.45, 7) is 3.52. The number of hydrogen-bond acceptors (Lipinski definition) is 1. The fraction of sp³-hybridized carbons (Fsp3) is 0. The van der Waals surface area contributed by atoms with Crippen molar-refractivity contribution in [3.63, 3.8) is 0 Å². The normalized spacial score (nSPS) is 26.0. The molecule has 0 saturated heterocycles. The van der Waals surface area contributed by atoms with Gasteiger partial charge in [-0.3, -0.25) is 4.79 Å². The number of amides is 1. The van der Waals surface area contributed by atoms with Crippen LogP contribution in [0, 0.1) is 0 Å². The average molecular weight is 159 g/mol. The summed E-state index contributed by atoms with van der Waals surface area (Å²) in [7, 11) is 0. The van der Waals surface area contributed by atoms with E-state index in [0.717, 1.165) is 0 Å². The first-order valence-electron chi connectivity index (χ1n) is 3.59. The number of carbonyl (C=O) groups is 1. The Morgan fingerprint density at radius 2 is 2.00 bits per heavy atom. The summed E-state index contributed by atoms with van der Waals surface area (Å²) < 4.78 is 0. The molecular formula is C10H9NO. The SMILES string of the molecule is C=C/C1=C/C=C\C=C/C=NC1=O. The zero-order valence-corrected chi connectivity index (χ0v) is 6.60. The minimum Gasteiger partial charge on any atom is -0.267 e. The van der Waals surface area contributed by atoms with Gasteiger partial charge in [0.2, 0.25) is 0 Å². The first kappa shape index (κ1) is 8.40. The van der Waals surface area contributed by atoms with Crippen molar-refractivity contribution in [1.29, 1.82) is 0 Å². The summed E-state index contributed by atoms with van der Waals surface area (Å²) in [6.07, 6.45) is 11.8. The van der Waals surface area contributed by atoms with Crippen LogP contribution in [-0.4, -0.2) is 12.1 Å². The Hall–Kier alpha value is -1.70. The number of hydrogen-bond donors (Lipinski definition) is 0. The number of rotatable bonds is 1. The summed E-state index contributed by atoms with van der Waals surface area (Å²) in [5, 5.41) is 0. The van der Waals surface area contributed by atoms with Crippen molar-refractivity contribution in [2.24, 2.45) is 4.99 Å². The molecule has 0 fully saturated rings. The van der Waals surface area contributed by atoms with Crippen LogP contribution >= 0.6 is 0 Å². The maximum atomic E-state index is 11.1. The van der Waals surface area contributed by atoms with Crippen LogP contribution in [0.2, 0.25) is 0 Å². The molecule has 0 aromatic carbocycles. The van der Waals surface area contributed by atoms with Crippen molar-refractivity contribution in [2.45, 2.75) is 0 Å². The van der Waals surface area contributed by atoms with Gasteiger partial charge in [0.25, 0.3) is 5.91 Å². The average Bonchev–Trinajstić information content (AvgIpc) is 2.17. The molecule has 12 heavy (non-hydrogen) atoms. The summed E-state index contributed by atoms with van der Waals surface area (Å²) in [6, 6.07) is 0. The molecule has 0 atom stereocenters. The molecule has 0 aliphatic carbocycles. The molecule has 0 radical (unpaired) electrons. The maximum Gasteiger partial charge on any atom is 0.276 e. The molecule has 0 aromatic rings. The smallest absolute Gasteiger partial charge is 0.267 e. The van der Waals surface area contributed by atoms with Gasteiger partial charge in [0.05, 0.1) is 0 Å². The predicted molar refractivity (Wildman–Crippen MR) is 50.1 cm³/mol. The molecule has 0 aromatic heterocycles. The molecule has 0 spiro atoms. The monoisotopic (exact) mass is 159 g/mol. The quantitative estimate of drug-likeness (QED) is 0.573. The lowest BCUT2D eigenvalue weighted by Gasteiger charge is -1.90. The van der Waals surface area contributed by atoms with E-state index in [1.54, 1.807) is 24.3 Å². The molecule has 0 N–H and O–H groups in total. The molecule has 1 heterocycles. The second-order valence-electron chi connectivity index (χ2n) is 2.18. The van der Waals surface area contributed by atoms with Crippen LogP contribution in [0.3, 0.4) is 0 Å². The van der Waals surface area contributed by atoms with E-state index in [4.69, 9.17) is 0 Å². The second-order valence-corrected chi connectivity index (χ2v) is 2.18. The van der Waals surface area contributed by atoms with Gasteiger partial charge in [-0.2, -0.15) is 0 Å². The molecule has 2 heteroatoms. The first-order chi connectivity index (χ1) is 5.84. The van der Waals surface area contributed by atoms with Crippen LogP contribution in [0.1, 0.15) is 0 Å². The topological polar surface area (TPSA) is 29.4 Å². The van der Waals surface area contributed by atoms with Crippen molar-refractivity contribution in [3.8, 4) is 0 Å². The third-order valence-corrected chi connectivity index (χ3v) is 1.35. The van der Waals surface area contributed by atoms with E-state index >= 15 is 0 Å². The highest BCUT2D eigenvalue weighted by Crippen LogP contribution is 2.00. The van der Waals surface area contributed by atoms with Gasteiger partial charge in [0.1, 0.15) is 0 Å². The highest BCUT2D eigenvalue weighted by Gasteiger charge is 2.00. The zero-order valence-electron chi connectivity index (χ0n) is 6.60. The van der Waals surface area contributed by atoms with Crippen LogP contribution in [0.25, 0.3) is 0 Å². The van der Waals surface area contributed by atoms with Crippen LogP contribution < -0.4 is 0 Å². The molecule has 0 unspecified atom stereocenters. The second kappa shape index (κ2) is 4.23. The van der Waals surface area contributed by atoms with Gasteiger partial charge < -0.3 is 0 Å². The lowest BCUT2D eigenvalue weighted by molar-refractivity contribution is -0.114. The predicted octanol–water partition coefficient (Wildman–Crippen LogP) is 1.82. The van der Waals surface area contributed by atoms with E-state index in [1.807, 2.05) is 6.08 Å². The van der Waals surface area contributed by atoms with Crippen molar-refractivity contribution in [1.82, 2.24) is 0 Å². The summed E-state index contributed by atoms with van der Waals surface area (Å²) >= 11 is 0. The van der Waals surface area contributed by atoms with Crippen LogP contribution in [-0.2, 0) is 4.79 Å². The van der Waals surface area contributed by atoms with Gasteiger partial charge in [-0.15, -0.1) is 0 Å². The summed E-state index contributed by atoms with van der Waals surface area (Å²) in [4.78, 5) is 14.8. The highest BCUT2D eigenvalue weighted by molar-refractivity contribution is 6.02. The van der Waals surface area contributed by atoms with Gasteiger partial charge in [0.15, 0.2) is 0 Å². The van der Waals surface area contributed by atoms with Gasteiger partial charge in [0, 0.05) is 11.8 Å². The Morgan fingerprint density at radius 3 is 2.75 bits per heavy atom. The fourth-order valence-electron chi connectivity index (χ4n) is 0.749. The standard InChI is InChI=1S/C10H9NO/c1-2-9-7-5-3-4-6-8-11-10(9)12/h2-8H,1H2/b5-3-,6-4-,9-7-,11-8?. The van der Waals surface area contributed by atoms with Crippen molar-refractivity contribution in [3.05, 3.63) is 48.6 Å². The van der Waals surface area contributed by atoms with Crippen LogP contribution in [0.15, 0.2) is 53.6 Å². The molecule has 0 saturated carbocycles. The number of allylic oxidation sites excluding steroid dienone is 5. The van der Waals surface area contributed by atoms with Gasteiger partial charge in [-0.05, 0) is 12.2 Å². The Bertz CT molecular complexity index is 306. The van der Waals surface area contributed by atoms with Crippen molar-refractivity contribution < 1.29 is 4.79 Å². The maximum absolute atomic E-state index is 11.1. The summed E-state index contributed by atoms with van der Waals surface area (Å²) in [5.41, 5.74) is 0.506. The number of nitrogens with zero attached hydrogens (tertiary/aromatic N) is 1. The molecule has 0 bridgehead atoms. The van der Waals surface area contributed by atoms with E-state index in [1.165, 1.54) is 12.3 Å². The minimum absolute atomic E-state index is 0.263. The third-order valence-electron chi connectivity index (χ3n) is 1.35. The van der Waals surface area contributed by atoms with E-state index in [0.29, 0.717) is 5.57 Å². The third kappa shape index (κ3) is 2.16. The van der Waals surface area contributed by atoms with Crippen molar-refractivity contribution >= 4 is 12.1 Å². The molecule has 1 aliphatic heterocycles. The van der Waals surface area contributed by atoms with E-state index in [2.05, 4.69) is 11.6 Å². The van der Waals surface area contributed by atoms with Gasteiger partial charge in [-0.1, -0.05) is 30.9 Å². The van der Waals surface area contributed by atoms with Crippen LogP contribution in [0.4, 0.5) is 0 Å². The zero-order chi connectivity index (χ0) is 8.81. The molecular weight excluding hydrogens is 150 g/mol. The number of aliphatic imine (C=N–C) groups is 1. The Kier molecular flexibility index (Phi) is 2.96. The lowest BCUT2D eigenvalue weighted by Crippen LogP contribution is -1.95. The van der Waals surface area contributed by atoms with Gasteiger partial charge in [-0.25, -0.2) is 4.99 Å². The Morgan fingerprint density at radius 1 is 1.25 bits per heavy atom. The minimum atomic E-state index is -0.263. The van der Waals surface area contributed by atoms with Gasteiger partial charge >= 0.3 is 0 Å². The first-order valence-corrected chi connectivity index (χ1v) is 3.59. The molecule has 60 valence electrons.